The molecule has 0 saturated carbocycles. The number of carbonyl (C=O) groups is 4. The molecule has 3 saturated heterocycles. The summed E-state index contributed by atoms with van der Waals surface area (Å²) in [6, 6.07) is 29.5. The Kier molecular flexibility index (Phi) is 6.94. The summed E-state index contributed by atoms with van der Waals surface area (Å²) < 4.78 is 0.794. The smallest absolute Gasteiger partial charge is 0.300 e. The second-order valence-electron chi connectivity index (χ2n) is 11.6. The summed E-state index contributed by atoms with van der Waals surface area (Å²) in [6.45, 7) is 2.02. The van der Waals surface area contributed by atoms with Crippen molar-refractivity contribution in [3.63, 3.8) is 0 Å². The number of carbonyl (C=O) groups excluding carboxylic acids is 4. The highest BCUT2D eigenvalue weighted by molar-refractivity contribution is 9.10. The number of amides is 5. The lowest BCUT2D eigenvalue weighted by molar-refractivity contribution is -0.144. The first-order valence-electron chi connectivity index (χ1n) is 14.3. The lowest BCUT2D eigenvalue weighted by Crippen LogP contribution is -2.55. The van der Waals surface area contributed by atoms with Crippen molar-refractivity contribution in [1.82, 2.24) is 9.80 Å². The molecule has 0 spiro atoms. The molecule has 0 aliphatic carbocycles. The normalized spacial score (nSPS) is 24.3. The summed E-state index contributed by atoms with van der Waals surface area (Å²) in [5.74, 6) is -3.36. The van der Waals surface area contributed by atoms with Crippen LogP contribution in [0.4, 0.5) is 10.5 Å². The number of imide groups is 2. The van der Waals surface area contributed by atoms with Gasteiger partial charge in [0.05, 0.1) is 30.1 Å². The van der Waals surface area contributed by atoms with Crippen LogP contribution in [0.15, 0.2) is 108 Å². The van der Waals surface area contributed by atoms with Crippen molar-refractivity contribution in [3.05, 3.63) is 135 Å². The number of hydrogen-bond acceptors (Lipinski definition) is 4. The molecule has 3 fully saturated rings. The first-order valence-corrected chi connectivity index (χ1v) is 15.5. The summed E-state index contributed by atoms with van der Waals surface area (Å²) in [7, 11) is 0. The monoisotopic (exact) mass is 667 g/mol. The van der Waals surface area contributed by atoms with Crippen LogP contribution in [0, 0.1) is 18.8 Å². The Morgan fingerprint density at radius 3 is 2.18 bits per heavy atom. The van der Waals surface area contributed by atoms with Gasteiger partial charge in [0, 0.05) is 15.9 Å². The molecule has 5 amide bonds. The van der Waals surface area contributed by atoms with Crippen LogP contribution in [-0.2, 0) is 27.3 Å². The molecule has 7 nitrogen and oxygen atoms in total. The van der Waals surface area contributed by atoms with E-state index in [4.69, 9.17) is 11.6 Å². The molecule has 4 aromatic carbocycles. The second kappa shape index (κ2) is 10.7. The molecular formula is C35H27BrClN3O4. The van der Waals surface area contributed by atoms with Crippen molar-refractivity contribution in [2.75, 3.05) is 4.90 Å². The number of nitrogens with zero attached hydrogens (tertiary/aromatic N) is 3. The van der Waals surface area contributed by atoms with E-state index in [1.165, 1.54) is 14.7 Å². The highest BCUT2D eigenvalue weighted by atomic mass is 79.9. The van der Waals surface area contributed by atoms with E-state index < -0.39 is 41.3 Å². The van der Waals surface area contributed by atoms with Crippen molar-refractivity contribution < 1.29 is 19.2 Å². The van der Waals surface area contributed by atoms with Gasteiger partial charge < -0.3 is 4.90 Å². The maximum Gasteiger partial charge on any atom is 0.332 e. The van der Waals surface area contributed by atoms with Crippen LogP contribution in [-0.4, -0.2) is 39.1 Å². The number of hydrogen-bond donors (Lipinski definition) is 0. The van der Waals surface area contributed by atoms with Gasteiger partial charge in [0.2, 0.25) is 11.8 Å². The molecule has 4 atom stereocenters. The average molecular weight is 669 g/mol. The summed E-state index contributed by atoms with van der Waals surface area (Å²) in [6.07, 6.45) is 0.0451. The Balaban J connectivity index is 1.44. The van der Waals surface area contributed by atoms with Crippen LogP contribution in [0.3, 0.4) is 0 Å². The minimum Gasteiger partial charge on any atom is -0.300 e. The van der Waals surface area contributed by atoms with Crippen molar-refractivity contribution in [2.24, 2.45) is 11.8 Å². The molecule has 3 aliphatic heterocycles. The van der Waals surface area contributed by atoms with Crippen molar-refractivity contribution in [3.8, 4) is 0 Å². The SMILES string of the molecule is Cc1cccc([C@@H]2[C@@H]3C(=O)N(Cc4ccccc4)C(=O)[C@@H]3[C@]3(Cc4ccc(Cl)cc4)C(=O)N(c4ccc(Br)cc4)C(=O)N23)c1. The van der Waals surface area contributed by atoms with Crippen LogP contribution >= 0.6 is 27.5 Å². The second-order valence-corrected chi connectivity index (χ2v) is 13.0. The molecule has 3 heterocycles. The Morgan fingerprint density at radius 2 is 1.50 bits per heavy atom. The Bertz CT molecular complexity index is 1810. The lowest BCUT2D eigenvalue weighted by Gasteiger charge is -2.35. The fourth-order valence-corrected chi connectivity index (χ4v) is 7.57. The minimum atomic E-state index is -1.64. The molecule has 3 aliphatic rings. The number of benzene rings is 4. The fraction of sp³-hybridized carbons (Fsp3) is 0.200. The summed E-state index contributed by atoms with van der Waals surface area (Å²) in [5.41, 5.74) is 1.92. The van der Waals surface area contributed by atoms with Gasteiger partial charge in [-0.25, -0.2) is 9.69 Å². The first-order chi connectivity index (χ1) is 21.2. The molecule has 44 heavy (non-hydrogen) atoms. The van der Waals surface area contributed by atoms with Gasteiger partial charge in [0.1, 0.15) is 5.54 Å². The van der Waals surface area contributed by atoms with E-state index in [2.05, 4.69) is 15.9 Å². The predicted octanol–water partition coefficient (Wildman–Crippen LogP) is 6.72. The van der Waals surface area contributed by atoms with Crippen LogP contribution in [0.1, 0.15) is 28.3 Å². The van der Waals surface area contributed by atoms with Crippen molar-refractivity contribution >= 4 is 57.0 Å². The quantitative estimate of drug-likeness (QED) is 0.169. The zero-order chi connectivity index (χ0) is 30.7. The third-order valence-corrected chi connectivity index (χ3v) is 9.80. The van der Waals surface area contributed by atoms with E-state index in [1.54, 1.807) is 48.5 Å². The van der Waals surface area contributed by atoms with E-state index in [0.29, 0.717) is 16.3 Å². The fourth-order valence-electron chi connectivity index (χ4n) is 7.18. The van der Waals surface area contributed by atoms with E-state index >= 15 is 0 Å². The number of aryl methyl sites for hydroxylation is 1. The van der Waals surface area contributed by atoms with Gasteiger partial charge in [-0.2, -0.15) is 0 Å². The largest absolute Gasteiger partial charge is 0.332 e. The van der Waals surface area contributed by atoms with E-state index in [0.717, 1.165) is 21.2 Å². The summed E-state index contributed by atoms with van der Waals surface area (Å²) in [5, 5.41) is 0.525. The maximum absolute atomic E-state index is 14.9. The number of likely N-dealkylation sites (tertiary alicyclic amines) is 1. The van der Waals surface area contributed by atoms with Crippen LogP contribution in [0.2, 0.25) is 5.02 Å². The van der Waals surface area contributed by atoms with Crippen LogP contribution < -0.4 is 4.90 Å². The standard InChI is InChI=1S/C35H27BrClN3O4/c1-21-6-5-9-24(18-21)30-28-29(32(42)38(31(28)41)20-23-7-3-2-4-8-23)35(19-22-10-14-26(37)15-11-22)33(43)39(34(44)40(30)35)27-16-12-25(36)13-17-27/h2-18,28-30H,19-20H2,1H3/t28-,29-,30-,35-/m1/s1. The highest BCUT2D eigenvalue weighted by Gasteiger charge is 2.77. The zero-order valence-corrected chi connectivity index (χ0v) is 26.0. The molecule has 0 radical (unpaired) electrons. The van der Waals surface area contributed by atoms with Gasteiger partial charge in [0.15, 0.2) is 0 Å². The van der Waals surface area contributed by atoms with Gasteiger partial charge in [-0.1, -0.05) is 99.8 Å². The number of rotatable bonds is 6. The third kappa shape index (κ3) is 4.31. The van der Waals surface area contributed by atoms with Crippen molar-refractivity contribution in [2.45, 2.75) is 31.5 Å². The lowest BCUT2D eigenvalue weighted by atomic mass is 9.75. The van der Waals surface area contributed by atoms with Crippen molar-refractivity contribution in [1.29, 1.82) is 0 Å². The first kappa shape index (κ1) is 28.5. The van der Waals surface area contributed by atoms with E-state index in [9.17, 15) is 19.2 Å². The van der Waals surface area contributed by atoms with Gasteiger partial charge in [-0.15, -0.1) is 0 Å². The minimum absolute atomic E-state index is 0.0451. The maximum atomic E-state index is 14.9. The molecule has 0 bridgehead atoms. The molecule has 4 aromatic rings. The Morgan fingerprint density at radius 1 is 0.795 bits per heavy atom. The molecular weight excluding hydrogens is 642 g/mol. The topological polar surface area (TPSA) is 78.0 Å². The molecule has 0 aromatic heterocycles. The van der Waals surface area contributed by atoms with Gasteiger partial charge >= 0.3 is 6.03 Å². The number of halogens is 2. The highest BCUT2D eigenvalue weighted by Crippen LogP contribution is 2.60. The van der Waals surface area contributed by atoms with Gasteiger partial charge in [0.25, 0.3) is 5.91 Å². The molecule has 7 rings (SSSR count). The van der Waals surface area contributed by atoms with Crippen LogP contribution in [0.25, 0.3) is 0 Å². The third-order valence-electron chi connectivity index (χ3n) is 9.01. The summed E-state index contributed by atoms with van der Waals surface area (Å²) in [4.78, 5) is 62.4. The Labute approximate surface area is 268 Å². The Hall–Kier alpha value is -4.27. The van der Waals surface area contributed by atoms with E-state index in [-0.39, 0.29) is 18.9 Å². The number of urea groups is 1. The van der Waals surface area contributed by atoms with Gasteiger partial charge in [-0.05, 0) is 60.0 Å². The predicted molar refractivity (Wildman–Crippen MR) is 170 cm³/mol. The van der Waals surface area contributed by atoms with Crippen LogP contribution in [0.5, 0.6) is 0 Å². The number of fused-ring (bicyclic) bond motifs is 3. The zero-order valence-electron chi connectivity index (χ0n) is 23.7. The molecule has 9 heteroatoms. The molecule has 0 N–H and O–H groups in total. The summed E-state index contributed by atoms with van der Waals surface area (Å²) >= 11 is 9.63. The number of anilines is 1. The van der Waals surface area contributed by atoms with E-state index in [1.807, 2.05) is 61.5 Å². The van der Waals surface area contributed by atoms with Gasteiger partial charge in [-0.3, -0.25) is 19.3 Å². The molecule has 220 valence electrons. The molecule has 0 unspecified atom stereocenters. The average Bonchev–Trinajstić information content (AvgIpc) is 3.53.